The highest BCUT2D eigenvalue weighted by molar-refractivity contribution is 5.71. The lowest BCUT2D eigenvalue weighted by atomic mass is 10.1. The van der Waals surface area contributed by atoms with E-state index in [-0.39, 0.29) is 12.3 Å². The largest absolute Gasteiger partial charge is 0.466 e. The Labute approximate surface area is 105 Å². The van der Waals surface area contributed by atoms with Crippen LogP contribution in [0, 0.1) is 0 Å². The number of carbonyl (C=O) groups is 1. The number of esters is 1. The van der Waals surface area contributed by atoms with Gasteiger partial charge in [-0.2, -0.15) is 13.2 Å². The van der Waals surface area contributed by atoms with Crippen molar-refractivity contribution in [2.45, 2.75) is 25.9 Å². The van der Waals surface area contributed by atoms with Crippen molar-refractivity contribution >= 4 is 5.97 Å². The van der Waals surface area contributed by atoms with Crippen molar-refractivity contribution in [2.24, 2.45) is 0 Å². The molecule has 0 saturated carbocycles. The van der Waals surface area contributed by atoms with Crippen LogP contribution < -0.4 is 0 Å². The minimum Gasteiger partial charge on any atom is -0.466 e. The number of hydrogen-bond donors (Lipinski definition) is 0. The van der Waals surface area contributed by atoms with E-state index < -0.39 is 36.2 Å². The highest BCUT2D eigenvalue weighted by atomic mass is 19.4. The molecule has 0 saturated heterocycles. The van der Waals surface area contributed by atoms with Gasteiger partial charge >= 0.3 is 12.1 Å². The molecule has 3 nitrogen and oxygen atoms in total. The van der Waals surface area contributed by atoms with Gasteiger partial charge in [-0.1, -0.05) is 0 Å². The van der Waals surface area contributed by atoms with E-state index in [1.165, 1.54) is 6.92 Å². The number of halogens is 5. The van der Waals surface area contributed by atoms with Gasteiger partial charge in [0.1, 0.15) is 0 Å². The fourth-order valence-electron chi connectivity index (χ4n) is 1.37. The van der Waals surface area contributed by atoms with Crippen LogP contribution in [0.15, 0.2) is 12.1 Å². The molecule has 0 radical (unpaired) electrons. The molecule has 0 aliphatic heterocycles. The summed E-state index contributed by atoms with van der Waals surface area (Å²) in [5.41, 5.74) is -3.15. The summed E-state index contributed by atoms with van der Waals surface area (Å²) in [5, 5.41) is 0. The van der Waals surface area contributed by atoms with E-state index in [1.807, 2.05) is 0 Å². The molecule has 0 aromatic carbocycles. The number of rotatable bonds is 4. The summed E-state index contributed by atoms with van der Waals surface area (Å²) >= 11 is 0. The highest BCUT2D eigenvalue weighted by Crippen LogP contribution is 2.35. The molecule has 0 aliphatic carbocycles. The molecule has 106 valence electrons. The predicted octanol–water partition coefficient (Wildman–Crippen LogP) is 3.14. The van der Waals surface area contributed by atoms with E-state index in [2.05, 4.69) is 9.72 Å². The fraction of sp³-hybridized carbons (Fsp3) is 0.455. The van der Waals surface area contributed by atoms with Crippen LogP contribution in [0.3, 0.4) is 0 Å². The number of alkyl halides is 5. The summed E-state index contributed by atoms with van der Waals surface area (Å²) in [6.45, 7) is 1.60. The van der Waals surface area contributed by atoms with Gasteiger partial charge in [0.25, 0.3) is 6.43 Å². The zero-order chi connectivity index (χ0) is 14.6. The number of aromatic nitrogens is 1. The number of hydrogen-bond acceptors (Lipinski definition) is 3. The summed E-state index contributed by atoms with van der Waals surface area (Å²) in [7, 11) is 0. The van der Waals surface area contributed by atoms with Gasteiger partial charge in [0, 0.05) is 5.56 Å². The second-order valence-corrected chi connectivity index (χ2v) is 3.52. The Kier molecular flexibility index (Phi) is 4.79. The van der Waals surface area contributed by atoms with E-state index in [1.54, 1.807) is 0 Å². The summed E-state index contributed by atoms with van der Waals surface area (Å²) in [4.78, 5) is 14.2. The Morgan fingerprint density at radius 2 is 2.00 bits per heavy atom. The van der Waals surface area contributed by atoms with Crippen molar-refractivity contribution in [1.29, 1.82) is 0 Å². The molecule has 1 heterocycles. The third-order valence-corrected chi connectivity index (χ3v) is 2.12. The van der Waals surface area contributed by atoms with Crippen LogP contribution in [0.4, 0.5) is 22.0 Å². The first-order chi connectivity index (χ1) is 8.75. The van der Waals surface area contributed by atoms with E-state index in [4.69, 9.17) is 0 Å². The number of nitrogens with zero attached hydrogens (tertiary/aromatic N) is 1. The minimum absolute atomic E-state index is 0.0695. The Hall–Kier alpha value is -1.73. The van der Waals surface area contributed by atoms with Crippen LogP contribution in [0.1, 0.15) is 30.3 Å². The van der Waals surface area contributed by atoms with Crippen LogP contribution >= 0.6 is 0 Å². The molecular formula is C11H10F5NO2. The van der Waals surface area contributed by atoms with Gasteiger partial charge in [-0.25, -0.2) is 13.8 Å². The minimum atomic E-state index is -5.00. The molecule has 19 heavy (non-hydrogen) atoms. The topological polar surface area (TPSA) is 39.2 Å². The number of pyridine rings is 1. The highest BCUT2D eigenvalue weighted by Gasteiger charge is 2.38. The van der Waals surface area contributed by atoms with Gasteiger partial charge in [0.2, 0.25) is 0 Å². The first-order valence-electron chi connectivity index (χ1n) is 5.26. The Bertz CT molecular complexity index is 459. The molecule has 0 atom stereocenters. The van der Waals surface area contributed by atoms with E-state index >= 15 is 0 Å². The summed E-state index contributed by atoms with van der Waals surface area (Å²) in [6.07, 6.45) is -8.79. The zero-order valence-electron chi connectivity index (χ0n) is 9.80. The molecule has 8 heteroatoms. The van der Waals surface area contributed by atoms with Gasteiger partial charge in [-0.15, -0.1) is 0 Å². The lowest BCUT2D eigenvalue weighted by molar-refractivity contribution is -0.145. The normalized spacial score (nSPS) is 11.7. The molecule has 0 N–H and O–H groups in total. The average molecular weight is 283 g/mol. The van der Waals surface area contributed by atoms with E-state index in [0.29, 0.717) is 6.07 Å². The Morgan fingerprint density at radius 1 is 1.37 bits per heavy atom. The van der Waals surface area contributed by atoms with Crippen molar-refractivity contribution < 1.29 is 31.5 Å². The van der Waals surface area contributed by atoms with E-state index in [9.17, 15) is 26.7 Å². The quantitative estimate of drug-likeness (QED) is 0.629. The smallest absolute Gasteiger partial charge is 0.433 e. The van der Waals surface area contributed by atoms with Crippen molar-refractivity contribution in [3.63, 3.8) is 0 Å². The maximum atomic E-state index is 12.6. The lowest BCUT2D eigenvalue weighted by Gasteiger charge is -2.12. The van der Waals surface area contributed by atoms with Gasteiger partial charge < -0.3 is 4.74 Å². The molecule has 0 bridgehead atoms. The molecule has 0 fully saturated rings. The third kappa shape index (κ3) is 4.15. The van der Waals surface area contributed by atoms with Crippen LogP contribution in [0.5, 0.6) is 0 Å². The maximum Gasteiger partial charge on any atom is 0.433 e. The van der Waals surface area contributed by atoms with Gasteiger partial charge in [-0.05, 0) is 19.1 Å². The molecule has 0 amide bonds. The van der Waals surface area contributed by atoms with Crippen molar-refractivity contribution in [2.75, 3.05) is 6.61 Å². The zero-order valence-corrected chi connectivity index (χ0v) is 9.80. The second kappa shape index (κ2) is 5.94. The van der Waals surface area contributed by atoms with Crippen molar-refractivity contribution in [1.82, 2.24) is 4.98 Å². The molecule has 1 aromatic rings. The molecule has 0 unspecified atom stereocenters. The summed E-state index contributed by atoms with van der Waals surface area (Å²) in [6, 6.07) is 1.57. The molecule has 0 spiro atoms. The Morgan fingerprint density at radius 3 is 2.47 bits per heavy atom. The monoisotopic (exact) mass is 283 g/mol. The molecular weight excluding hydrogens is 273 g/mol. The molecule has 1 aromatic heterocycles. The lowest BCUT2D eigenvalue weighted by Crippen LogP contribution is -2.16. The molecule has 1 rings (SSSR count). The van der Waals surface area contributed by atoms with Gasteiger partial charge in [-0.3, -0.25) is 4.79 Å². The fourth-order valence-corrected chi connectivity index (χ4v) is 1.37. The Balaban J connectivity index is 3.09. The maximum absolute atomic E-state index is 12.6. The SMILES string of the molecule is CCOC(=O)Cc1ccc(C(F)F)c(C(F)(F)F)n1. The first-order valence-corrected chi connectivity index (χ1v) is 5.26. The summed E-state index contributed by atoms with van der Waals surface area (Å²) < 4.78 is 67.1. The van der Waals surface area contributed by atoms with Crippen molar-refractivity contribution in [3.05, 3.63) is 29.1 Å². The van der Waals surface area contributed by atoms with Gasteiger partial charge in [0.05, 0.1) is 18.7 Å². The van der Waals surface area contributed by atoms with Crippen LogP contribution in [-0.2, 0) is 22.1 Å². The van der Waals surface area contributed by atoms with Crippen LogP contribution in [0.2, 0.25) is 0 Å². The standard InChI is InChI=1S/C11H10F5NO2/c1-2-19-8(18)5-6-3-4-7(10(12)13)9(17-6)11(14,15)16/h3-4,10H,2,5H2,1H3. The average Bonchev–Trinajstić information content (AvgIpc) is 2.27. The predicted molar refractivity (Wildman–Crippen MR) is 54.5 cm³/mol. The van der Waals surface area contributed by atoms with Gasteiger partial charge in [0.15, 0.2) is 5.69 Å². The molecule has 0 aliphatic rings. The van der Waals surface area contributed by atoms with Crippen LogP contribution in [0.25, 0.3) is 0 Å². The van der Waals surface area contributed by atoms with Crippen molar-refractivity contribution in [3.8, 4) is 0 Å². The van der Waals surface area contributed by atoms with Crippen LogP contribution in [-0.4, -0.2) is 17.6 Å². The number of carbonyl (C=O) groups excluding carboxylic acids is 1. The van der Waals surface area contributed by atoms with E-state index in [0.717, 1.165) is 6.07 Å². The summed E-state index contributed by atoms with van der Waals surface area (Å²) in [5.74, 6) is -0.770. The second-order valence-electron chi connectivity index (χ2n) is 3.52. The first kappa shape index (κ1) is 15.3. The third-order valence-electron chi connectivity index (χ3n) is 2.12. The number of ether oxygens (including phenoxy) is 1.